The number of phenolic OH excluding ortho intramolecular Hbond substituents is 1. The number of H-pyrrole nitrogens is 1. The number of rotatable bonds is 6. The molecule has 1 aromatic heterocycles. The zero-order valence-electron chi connectivity index (χ0n) is 46.9. The molecule has 6 fully saturated rings. The molecule has 3 heterocycles. The van der Waals surface area contributed by atoms with Crippen LogP contribution >= 0.6 is 21.6 Å². The maximum Gasteiger partial charge on any atom is 0.313 e. The quantitative estimate of drug-likeness (QED) is 0.0353. The molecule has 2 aliphatic heterocycles. The minimum atomic E-state index is -1.87. The summed E-state index contributed by atoms with van der Waals surface area (Å²) < 4.78 is 5.95. The van der Waals surface area contributed by atoms with E-state index < -0.39 is 75.9 Å². The predicted octanol–water partition coefficient (Wildman–Crippen LogP) is 6.88. The summed E-state index contributed by atoms with van der Waals surface area (Å²) in [6, 6.07) is 8.80. The number of aliphatic hydroxyl groups is 5. The Bertz CT molecular complexity index is 2830. The smallest absolute Gasteiger partial charge is 0.313 e. The number of nitrogens with one attached hydrogen (secondary N) is 2. The van der Waals surface area contributed by atoms with E-state index in [0.717, 1.165) is 43.2 Å². The van der Waals surface area contributed by atoms with Crippen LogP contribution in [0.3, 0.4) is 0 Å². The largest absolute Gasteiger partial charge is 0.508 e. The van der Waals surface area contributed by atoms with Crippen molar-refractivity contribution in [1.82, 2.24) is 10.3 Å². The Balaban J connectivity index is 1.06. The van der Waals surface area contributed by atoms with Crippen molar-refractivity contribution >= 4 is 45.1 Å². The first-order valence-electron chi connectivity index (χ1n) is 29.8. The molecule has 2 aromatic rings. The lowest BCUT2D eigenvalue weighted by Crippen LogP contribution is -2.67. The molecule has 11 rings (SSSR count). The lowest BCUT2D eigenvalue weighted by molar-refractivity contribution is -0.193. The highest BCUT2D eigenvalue weighted by atomic mass is 33.1. The third-order valence-electron chi connectivity index (χ3n) is 22.3. The Morgan fingerprint density at radius 2 is 1.70 bits per heavy atom. The number of cyclic esters (lactones) is 1. The fourth-order valence-electron chi connectivity index (χ4n) is 18.6. The summed E-state index contributed by atoms with van der Waals surface area (Å²) in [7, 11) is 3.08. The van der Waals surface area contributed by atoms with Gasteiger partial charge in [-0.1, -0.05) is 72.1 Å². The third-order valence-corrected chi connectivity index (χ3v) is 24.8. The maximum atomic E-state index is 16.0. The molecule has 4 saturated carbocycles. The van der Waals surface area contributed by atoms with E-state index in [1.54, 1.807) is 29.9 Å². The van der Waals surface area contributed by atoms with Crippen molar-refractivity contribution in [1.29, 1.82) is 0 Å². The number of Topliss-reactive ketones (excluding diaryl/α,β-unsaturated/α-hetero) is 2. The second-order valence-electron chi connectivity index (χ2n) is 26.7. The Morgan fingerprint density at radius 1 is 0.925 bits per heavy atom. The number of hydrogen-bond donors (Lipinski definition) is 10. The molecule has 80 heavy (non-hydrogen) atoms. The summed E-state index contributed by atoms with van der Waals surface area (Å²) in [5.41, 5.74) is 10.1. The van der Waals surface area contributed by atoms with Crippen molar-refractivity contribution in [3.05, 3.63) is 76.8 Å². The van der Waals surface area contributed by atoms with Gasteiger partial charge in [-0.25, -0.2) is 0 Å². The fourth-order valence-corrected chi connectivity index (χ4v) is 21.4. The number of aromatic hydroxyl groups is 1. The Hall–Kier alpha value is -4.28. The number of phenols is 1. The maximum absolute atomic E-state index is 16.0. The first kappa shape index (κ1) is 57.5. The number of ketones is 2. The lowest BCUT2D eigenvalue weighted by Gasteiger charge is -2.63. The van der Waals surface area contributed by atoms with Gasteiger partial charge in [0.1, 0.15) is 5.75 Å². The van der Waals surface area contributed by atoms with Gasteiger partial charge in [0.25, 0.3) is 0 Å². The van der Waals surface area contributed by atoms with E-state index in [-0.39, 0.29) is 129 Å². The molecule has 0 spiro atoms. The SMILES string of the molecule is CC1CCC2=CCC3C(C)CC(O)C(C)(O)C4C(CC#CC(C5COC(=O)C5c5cc[nH]c5)CC3C2C1)CC1(O)C2=C3NCC(=O)CC(c5ccc(O)cc5)CSSCC5C(O)C(O)CC(C)(C2CCC41CCN=C(N)N)C5C3=O. The van der Waals surface area contributed by atoms with Crippen molar-refractivity contribution in [2.24, 2.45) is 98.3 Å². The molecule has 15 nitrogen and oxygen atoms in total. The number of ether oxygens (including phenoxy) is 1. The number of carbonyl (C=O) groups is 3. The summed E-state index contributed by atoms with van der Waals surface area (Å²) in [4.78, 5) is 51.9. The number of aliphatic imine (C=N–C) groups is 1. The number of benzene rings is 1. The van der Waals surface area contributed by atoms with E-state index >= 15 is 4.79 Å². The number of nitrogens with two attached hydrogens (primary N) is 2. The highest BCUT2D eigenvalue weighted by Gasteiger charge is 2.74. The number of guanidine groups is 1. The molecule has 1 aromatic carbocycles. The van der Waals surface area contributed by atoms with Crippen LogP contribution in [-0.2, 0) is 19.1 Å². The molecule has 9 aliphatic rings. The molecule has 21 unspecified atom stereocenters. The number of nitrogens with zero attached hydrogens (tertiary/aromatic N) is 1. The normalized spacial score (nSPS) is 44.0. The zero-order valence-corrected chi connectivity index (χ0v) is 48.5. The summed E-state index contributed by atoms with van der Waals surface area (Å²) in [6.07, 6.45) is 9.13. The number of aromatic amines is 1. The number of aromatic nitrogens is 1. The monoisotopic (exact) mass is 1140 g/mol. The van der Waals surface area contributed by atoms with Gasteiger partial charge in [0.2, 0.25) is 0 Å². The number of hydrogen-bond acceptors (Lipinski definition) is 14. The van der Waals surface area contributed by atoms with Gasteiger partial charge in [-0.2, -0.15) is 0 Å². The van der Waals surface area contributed by atoms with Gasteiger partial charge in [-0.15, -0.1) is 5.92 Å². The molecule has 12 N–H and O–H groups in total. The van der Waals surface area contributed by atoms with Crippen LogP contribution in [0.2, 0.25) is 0 Å². The van der Waals surface area contributed by atoms with Crippen LogP contribution in [0.4, 0.5) is 0 Å². The van der Waals surface area contributed by atoms with E-state index in [1.807, 2.05) is 37.5 Å². The van der Waals surface area contributed by atoms with E-state index in [0.29, 0.717) is 41.8 Å². The van der Waals surface area contributed by atoms with Crippen molar-refractivity contribution < 1.29 is 49.8 Å². The van der Waals surface area contributed by atoms with Crippen LogP contribution in [0.1, 0.15) is 134 Å². The minimum absolute atomic E-state index is 0.0500. The van der Waals surface area contributed by atoms with Crippen LogP contribution in [0.5, 0.6) is 5.75 Å². The summed E-state index contributed by atoms with van der Waals surface area (Å²) in [5.74, 6) is 4.29. The third kappa shape index (κ3) is 9.97. The molecule has 17 heteroatoms. The van der Waals surface area contributed by atoms with Gasteiger partial charge >= 0.3 is 5.97 Å². The number of fused-ring (bicyclic) bond motifs is 10. The van der Waals surface area contributed by atoms with Crippen LogP contribution in [0.25, 0.3) is 0 Å². The Kier molecular flexibility index (Phi) is 16.1. The lowest BCUT2D eigenvalue weighted by atomic mass is 9.43. The van der Waals surface area contributed by atoms with Crippen molar-refractivity contribution in [3.63, 3.8) is 0 Å². The summed E-state index contributed by atoms with van der Waals surface area (Å²) in [6.45, 7) is 8.39. The number of aliphatic hydroxyl groups excluding tert-OH is 3. The summed E-state index contributed by atoms with van der Waals surface area (Å²) in [5, 5.41) is 78.9. The molecule has 2 bridgehead atoms. The Labute approximate surface area is 479 Å². The predicted molar refractivity (Wildman–Crippen MR) is 309 cm³/mol. The van der Waals surface area contributed by atoms with E-state index in [9.17, 15) is 40.2 Å². The Morgan fingerprint density at radius 3 is 2.45 bits per heavy atom. The molecular formula is C63H85N5O10S2. The van der Waals surface area contributed by atoms with Gasteiger partial charge in [0.15, 0.2) is 17.5 Å². The summed E-state index contributed by atoms with van der Waals surface area (Å²) >= 11 is 0. The van der Waals surface area contributed by atoms with Crippen LogP contribution in [0, 0.1) is 93.7 Å². The average Bonchev–Trinajstić information content (AvgIpc) is 4.35. The van der Waals surface area contributed by atoms with Crippen molar-refractivity contribution in [2.45, 2.75) is 153 Å². The van der Waals surface area contributed by atoms with Gasteiger partial charge in [-0.3, -0.25) is 19.4 Å². The van der Waals surface area contributed by atoms with Crippen LogP contribution in [0.15, 0.2) is 70.6 Å². The molecule has 2 saturated heterocycles. The van der Waals surface area contributed by atoms with Crippen LogP contribution < -0.4 is 16.8 Å². The first-order chi connectivity index (χ1) is 38.2. The topological polar surface area (TPSA) is 274 Å². The number of allylic oxidation sites excluding steroid dienone is 3. The van der Waals surface area contributed by atoms with Crippen LogP contribution in [-0.4, -0.2) is 120 Å². The second-order valence-corrected chi connectivity index (χ2v) is 29.2. The fraction of sp³-hybridized carbons (Fsp3) is 0.683. The molecule has 0 amide bonds. The van der Waals surface area contributed by atoms with Gasteiger partial charge < -0.3 is 57.1 Å². The average molecular weight is 1140 g/mol. The molecule has 0 radical (unpaired) electrons. The highest BCUT2D eigenvalue weighted by Crippen LogP contribution is 2.73. The highest BCUT2D eigenvalue weighted by molar-refractivity contribution is 8.76. The van der Waals surface area contributed by atoms with Gasteiger partial charge in [-0.05, 0) is 159 Å². The molecule has 7 aliphatic carbocycles. The minimum Gasteiger partial charge on any atom is -0.508 e. The van der Waals surface area contributed by atoms with Gasteiger partial charge in [0, 0.05) is 84.2 Å². The molecule has 21 atom stereocenters. The first-order valence-corrected chi connectivity index (χ1v) is 32.2. The van der Waals surface area contributed by atoms with Crippen molar-refractivity contribution in [2.75, 3.05) is 31.2 Å². The standard InChI is InChI=1S/C63H85N5O10S2/c1-33-8-9-36-12-15-43-34(2)23-50(72)61(4,76)57-38(7-5-6-37(25-45(43)44(36)22-33)46-30-78-58(75)51(46)39-17-20-66-28-39)26-63(77)53-48(16-18-62(57,63)19-21-67-59(64)65)60(3)27-49(71)55(73)47-32-80-79-31-40(35-10-13-41(69)14-11-35)24-42(70)29-68-54(53)56(74)52(47)60/h10-14,17,20,28,33-34,37-38,40,43-52,55,57,66,68-69,71-73,76-77H,7-9,15-16,18-19,21-27,29-32H2,1-4H3,(H4,64,65,67). The van der Waals surface area contributed by atoms with Crippen molar-refractivity contribution in [3.8, 4) is 17.6 Å². The van der Waals surface area contributed by atoms with E-state index in [4.69, 9.17) is 16.2 Å². The number of carbonyl (C=O) groups excluding carboxylic acids is 3. The van der Waals surface area contributed by atoms with Gasteiger partial charge in [0.05, 0.1) is 54.3 Å². The van der Waals surface area contributed by atoms with E-state index in [2.05, 4.69) is 47.1 Å². The number of esters is 1. The molecular weight excluding hydrogens is 1050 g/mol. The zero-order chi connectivity index (χ0) is 56.6. The molecule has 434 valence electrons. The van der Waals surface area contributed by atoms with E-state index in [1.165, 1.54) is 16.4 Å². The second kappa shape index (κ2) is 22.4.